The fourth-order valence-electron chi connectivity index (χ4n) is 9.47. The molecule has 0 amide bonds. The lowest BCUT2D eigenvalue weighted by molar-refractivity contribution is 0.667. The Bertz CT molecular complexity index is 2390. The predicted octanol–water partition coefficient (Wildman–Crippen LogP) is 18.2. The van der Waals surface area contributed by atoms with E-state index < -0.39 is 0 Å². The van der Waals surface area contributed by atoms with Gasteiger partial charge in [0.15, 0.2) is 0 Å². The van der Waals surface area contributed by atoms with E-state index in [0.717, 1.165) is 24.2 Å². The van der Waals surface area contributed by atoms with E-state index in [1.807, 2.05) is 0 Å². The number of unbranched alkanes of at least 4 members (excludes halogenated alkanes) is 6. The van der Waals surface area contributed by atoms with Gasteiger partial charge in [-0.1, -0.05) is 178 Å². The first-order chi connectivity index (χ1) is 30.0. The van der Waals surface area contributed by atoms with Crippen LogP contribution in [0.2, 0.25) is 0 Å². The van der Waals surface area contributed by atoms with Crippen LogP contribution in [-0.4, -0.2) is 0 Å². The third kappa shape index (κ3) is 10.3. The molecule has 0 aliphatic carbocycles. The zero-order valence-corrected chi connectivity index (χ0v) is 39.2. The Balaban J connectivity index is 1.47. The van der Waals surface area contributed by atoms with Gasteiger partial charge >= 0.3 is 0 Å². The van der Waals surface area contributed by atoms with Crippen molar-refractivity contribution < 1.29 is 0 Å². The molecule has 7 aromatic carbocycles. The van der Waals surface area contributed by atoms with Crippen LogP contribution in [0.25, 0.3) is 44.5 Å². The zero-order chi connectivity index (χ0) is 43.8. The summed E-state index contributed by atoms with van der Waals surface area (Å²) in [5.41, 5.74) is 25.4. The minimum atomic E-state index is 1.13. The van der Waals surface area contributed by atoms with E-state index in [4.69, 9.17) is 0 Å². The van der Waals surface area contributed by atoms with Gasteiger partial charge in [0.1, 0.15) is 0 Å². The van der Waals surface area contributed by atoms with Crippen molar-refractivity contribution in [2.75, 3.05) is 4.90 Å². The van der Waals surface area contributed by atoms with Crippen molar-refractivity contribution in [1.29, 1.82) is 0 Å². The second-order valence-electron chi connectivity index (χ2n) is 18.2. The molecule has 0 heterocycles. The lowest BCUT2D eigenvalue weighted by Gasteiger charge is -2.32. The van der Waals surface area contributed by atoms with Gasteiger partial charge in [0.05, 0.1) is 5.69 Å². The summed E-state index contributed by atoms with van der Waals surface area (Å²) in [6.07, 6.45) is 12.5. The highest BCUT2D eigenvalue weighted by atomic mass is 15.1. The Kier molecular flexibility index (Phi) is 14.7. The Labute approximate surface area is 374 Å². The minimum absolute atomic E-state index is 1.13. The lowest BCUT2D eigenvalue weighted by atomic mass is 9.89. The molecule has 62 heavy (non-hydrogen) atoms. The fraction of sp³-hybridized carbons (Fsp3) is 0.311. The van der Waals surface area contributed by atoms with E-state index in [1.165, 1.54) is 152 Å². The average Bonchev–Trinajstić information content (AvgIpc) is 3.27. The number of rotatable bonds is 17. The molecule has 0 aromatic heterocycles. The summed E-state index contributed by atoms with van der Waals surface area (Å²) in [6.45, 7) is 20.3. The molecule has 0 N–H and O–H groups in total. The monoisotopic (exact) mass is 816 g/mol. The molecule has 0 saturated heterocycles. The summed E-state index contributed by atoms with van der Waals surface area (Å²) in [6, 6.07) is 51.6. The average molecular weight is 816 g/mol. The van der Waals surface area contributed by atoms with Crippen LogP contribution in [-0.2, 0) is 12.8 Å². The summed E-state index contributed by atoms with van der Waals surface area (Å²) in [5.74, 6) is 0. The van der Waals surface area contributed by atoms with Gasteiger partial charge in [-0.05, 0) is 176 Å². The number of anilines is 3. The van der Waals surface area contributed by atoms with Crippen LogP contribution < -0.4 is 4.90 Å². The van der Waals surface area contributed by atoms with E-state index in [9.17, 15) is 0 Å². The summed E-state index contributed by atoms with van der Waals surface area (Å²) < 4.78 is 0. The first-order valence-electron chi connectivity index (χ1n) is 23.5. The van der Waals surface area contributed by atoms with Gasteiger partial charge in [-0.25, -0.2) is 0 Å². The van der Waals surface area contributed by atoms with Crippen molar-refractivity contribution in [2.24, 2.45) is 0 Å². The van der Waals surface area contributed by atoms with Crippen LogP contribution in [0.3, 0.4) is 0 Å². The highest BCUT2D eigenvalue weighted by Crippen LogP contribution is 2.47. The maximum atomic E-state index is 2.57. The van der Waals surface area contributed by atoms with Gasteiger partial charge in [-0.3, -0.25) is 0 Å². The quantitative estimate of drug-likeness (QED) is 0.0828. The number of benzene rings is 7. The largest absolute Gasteiger partial charge is 0.310 e. The Hall–Kier alpha value is -5.66. The Morgan fingerprint density at radius 2 is 0.661 bits per heavy atom. The highest BCUT2D eigenvalue weighted by Gasteiger charge is 2.24. The van der Waals surface area contributed by atoms with Crippen molar-refractivity contribution in [2.45, 2.75) is 127 Å². The van der Waals surface area contributed by atoms with Gasteiger partial charge < -0.3 is 4.90 Å². The van der Waals surface area contributed by atoms with Crippen molar-refractivity contribution in [1.82, 2.24) is 0 Å². The predicted molar refractivity (Wildman–Crippen MR) is 272 cm³/mol. The molecule has 1 nitrogen and oxygen atoms in total. The molecule has 318 valence electrons. The molecule has 0 atom stereocenters. The normalized spacial score (nSPS) is 11.3. The van der Waals surface area contributed by atoms with Crippen molar-refractivity contribution >= 4 is 17.1 Å². The first-order valence-corrected chi connectivity index (χ1v) is 23.5. The van der Waals surface area contributed by atoms with Crippen LogP contribution in [0.5, 0.6) is 0 Å². The van der Waals surface area contributed by atoms with Crippen molar-refractivity contribution in [3.8, 4) is 44.5 Å². The molecular weight excluding hydrogens is 747 g/mol. The smallest absolute Gasteiger partial charge is 0.0520 e. The first kappa shape index (κ1) is 44.4. The molecule has 0 spiro atoms. The lowest BCUT2D eigenvalue weighted by Crippen LogP contribution is -2.14. The second kappa shape index (κ2) is 20.5. The SMILES string of the molecule is CCCCCCc1ccc(-c2cc(N(c3cc(-c4ccc(C)cc4)c(C)c(-c4ccc(CCCCCC)cc4)c3)c3c(C)cc(C)cc3C)cc(-c3ccc(C)cc3)c2C)cc1. The number of hydrogen-bond acceptors (Lipinski definition) is 1. The van der Waals surface area contributed by atoms with Gasteiger partial charge in [-0.2, -0.15) is 0 Å². The van der Waals surface area contributed by atoms with E-state index in [1.54, 1.807) is 0 Å². The maximum Gasteiger partial charge on any atom is 0.0520 e. The third-order valence-electron chi connectivity index (χ3n) is 13.1. The van der Waals surface area contributed by atoms with Crippen molar-refractivity contribution in [3.05, 3.63) is 184 Å². The molecular formula is C61H69N. The molecule has 0 aliphatic rings. The highest BCUT2D eigenvalue weighted by molar-refractivity contribution is 5.92. The number of nitrogens with zero attached hydrogens (tertiary/aromatic N) is 1. The molecule has 7 aromatic rings. The summed E-state index contributed by atoms with van der Waals surface area (Å²) in [5, 5.41) is 0. The fourth-order valence-corrected chi connectivity index (χ4v) is 9.47. The Morgan fingerprint density at radius 3 is 0.984 bits per heavy atom. The van der Waals surface area contributed by atoms with Gasteiger partial charge in [-0.15, -0.1) is 0 Å². The molecule has 0 unspecified atom stereocenters. The van der Waals surface area contributed by atoms with Crippen molar-refractivity contribution in [3.63, 3.8) is 0 Å². The molecule has 0 saturated carbocycles. The van der Waals surface area contributed by atoms with Crippen LogP contribution in [0.15, 0.2) is 133 Å². The molecule has 0 aliphatic heterocycles. The van der Waals surface area contributed by atoms with Crippen LogP contribution in [0.4, 0.5) is 17.1 Å². The zero-order valence-electron chi connectivity index (χ0n) is 39.2. The summed E-state index contributed by atoms with van der Waals surface area (Å²) >= 11 is 0. The van der Waals surface area contributed by atoms with Crippen LogP contribution in [0, 0.1) is 48.5 Å². The molecule has 0 fully saturated rings. The molecule has 7 rings (SSSR count). The van der Waals surface area contributed by atoms with Crippen LogP contribution in [0.1, 0.15) is 115 Å². The number of hydrogen-bond donors (Lipinski definition) is 0. The van der Waals surface area contributed by atoms with Gasteiger partial charge in [0, 0.05) is 11.4 Å². The standard InChI is InChI=1S/C61H69N/c1-10-12-14-16-18-49-24-32-53(33-25-49)59-40-55(38-57(47(59)8)51-28-20-42(3)21-29-51)62(61-45(6)36-44(5)37-46(61)7)56-39-58(52-30-22-43(4)23-31-52)48(9)60(41-56)54-34-26-50(27-35-54)19-17-15-13-11-2/h20-41H,10-19H2,1-9H3. The van der Waals surface area contributed by atoms with E-state index in [-0.39, 0.29) is 0 Å². The molecule has 1 heteroatoms. The summed E-state index contributed by atoms with van der Waals surface area (Å²) in [4.78, 5) is 2.57. The number of aryl methyl sites for hydroxylation is 7. The maximum absolute atomic E-state index is 2.57. The third-order valence-corrected chi connectivity index (χ3v) is 13.1. The molecule has 0 bridgehead atoms. The Morgan fingerprint density at radius 1 is 0.339 bits per heavy atom. The van der Waals surface area contributed by atoms with Gasteiger partial charge in [0.25, 0.3) is 0 Å². The van der Waals surface area contributed by atoms with E-state index in [0.29, 0.717) is 0 Å². The topological polar surface area (TPSA) is 3.24 Å². The second-order valence-corrected chi connectivity index (χ2v) is 18.2. The van der Waals surface area contributed by atoms with E-state index >= 15 is 0 Å². The minimum Gasteiger partial charge on any atom is -0.310 e. The molecule has 0 radical (unpaired) electrons. The van der Waals surface area contributed by atoms with E-state index in [2.05, 4.69) is 201 Å². The summed E-state index contributed by atoms with van der Waals surface area (Å²) in [7, 11) is 0. The van der Waals surface area contributed by atoms with Crippen LogP contribution >= 0.6 is 0 Å². The van der Waals surface area contributed by atoms with Gasteiger partial charge in [0.2, 0.25) is 0 Å².